The van der Waals surface area contributed by atoms with Gasteiger partial charge in [-0.25, -0.2) is 22.1 Å². The highest BCUT2D eigenvalue weighted by atomic mass is 32.2. The molecule has 0 unspecified atom stereocenters. The van der Waals surface area contributed by atoms with Gasteiger partial charge in [0.2, 0.25) is 11.7 Å². The van der Waals surface area contributed by atoms with E-state index in [1.54, 1.807) is 10.8 Å². The molecule has 0 spiro atoms. The molecule has 0 radical (unpaired) electrons. The number of sulfonamides is 1. The number of hydrogen-bond donors (Lipinski definition) is 2. The molecular formula is C21H22FN5O4S2. The molecule has 2 aromatic heterocycles. The number of halogens is 1. The average Bonchev–Trinajstić information content (AvgIpc) is 3.36. The van der Waals surface area contributed by atoms with Gasteiger partial charge in [-0.2, -0.15) is 16.3 Å². The number of benzene rings is 1. The molecule has 1 fully saturated rings. The normalized spacial score (nSPS) is 14.7. The number of hydrogen-bond acceptors (Lipinski definition) is 9. The van der Waals surface area contributed by atoms with Gasteiger partial charge in [0.25, 0.3) is 10.0 Å². The molecule has 3 N–H and O–H groups in total. The van der Waals surface area contributed by atoms with Gasteiger partial charge in [-0.3, -0.25) is 4.79 Å². The van der Waals surface area contributed by atoms with Gasteiger partial charge < -0.3 is 15.8 Å². The van der Waals surface area contributed by atoms with Crippen LogP contribution in [0.15, 0.2) is 46.1 Å². The van der Waals surface area contributed by atoms with Crippen molar-refractivity contribution in [2.45, 2.75) is 23.8 Å². The number of rotatable bonds is 7. The molecule has 174 valence electrons. The van der Waals surface area contributed by atoms with Crippen LogP contribution in [0.3, 0.4) is 0 Å². The Morgan fingerprint density at radius 2 is 2.03 bits per heavy atom. The fraction of sp³-hybridized carbons (Fsp3) is 0.286. The summed E-state index contributed by atoms with van der Waals surface area (Å²) in [4.78, 5) is 21.5. The monoisotopic (exact) mass is 491 g/mol. The summed E-state index contributed by atoms with van der Waals surface area (Å²) in [6, 6.07) is 4.69. The fourth-order valence-corrected chi connectivity index (χ4v) is 6.32. The van der Waals surface area contributed by atoms with Crippen LogP contribution in [0.5, 0.6) is 5.75 Å². The van der Waals surface area contributed by atoms with Gasteiger partial charge in [0.15, 0.2) is 0 Å². The van der Waals surface area contributed by atoms with E-state index in [0.717, 1.165) is 6.07 Å². The minimum absolute atomic E-state index is 0.0401. The van der Waals surface area contributed by atoms with E-state index in [0.29, 0.717) is 25.9 Å². The predicted molar refractivity (Wildman–Crippen MR) is 123 cm³/mol. The Morgan fingerprint density at radius 3 is 2.67 bits per heavy atom. The lowest BCUT2D eigenvalue weighted by Crippen LogP contribution is -2.47. The average molecular weight is 492 g/mol. The van der Waals surface area contributed by atoms with Gasteiger partial charge in [0.1, 0.15) is 17.4 Å². The highest BCUT2D eigenvalue weighted by Gasteiger charge is 2.35. The summed E-state index contributed by atoms with van der Waals surface area (Å²) in [7, 11) is -2.59. The summed E-state index contributed by atoms with van der Waals surface area (Å²) in [6.45, 7) is 1.29. The van der Waals surface area contributed by atoms with Crippen molar-refractivity contribution in [3.05, 3.63) is 58.2 Å². The Labute approximate surface area is 194 Å². The number of methoxy groups -OCH3 is 1. The van der Waals surface area contributed by atoms with E-state index >= 15 is 0 Å². The van der Waals surface area contributed by atoms with Crippen molar-refractivity contribution in [3.63, 3.8) is 0 Å². The molecule has 0 atom stereocenters. The van der Waals surface area contributed by atoms with Gasteiger partial charge >= 0.3 is 0 Å². The van der Waals surface area contributed by atoms with Crippen LogP contribution in [-0.4, -0.2) is 50.4 Å². The Kier molecular flexibility index (Phi) is 6.58. The molecule has 4 rings (SSSR count). The van der Waals surface area contributed by atoms with E-state index in [9.17, 15) is 17.6 Å². The van der Waals surface area contributed by atoms with Crippen LogP contribution in [0, 0.1) is 5.82 Å². The Hall–Kier alpha value is -3.09. The van der Waals surface area contributed by atoms with Crippen LogP contribution in [0.1, 0.15) is 28.8 Å². The molecule has 12 heteroatoms. The maximum absolute atomic E-state index is 13.8. The molecule has 1 aliphatic rings. The topological polar surface area (TPSA) is 128 Å². The molecule has 1 aliphatic heterocycles. The molecule has 9 nitrogen and oxygen atoms in total. The smallest absolute Gasteiger partial charge is 0.267 e. The van der Waals surface area contributed by atoms with Crippen molar-refractivity contribution >= 4 is 38.9 Å². The standard InChI is InChI=1S/C21H22FN5O4S2/c1-31-18-3-2-13(22)10-16(18)19(28)17-11-25-21(26-20(17)23)27(14-4-7-24-8-5-14)33(29,30)15-6-9-32-12-15/h2-3,6,9-12,14,24H,4-5,7-8H2,1H3,(H2,23,25,26). The summed E-state index contributed by atoms with van der Waals surface area (Å²) < 4.78 is 47.0. The lowest BCUT2D eigenvalue weighted by molar-refractivity contribution is 0.103. The second-order valence-electron chi connectivity index (χ2n) is 7.38. The van der Waals surface area contributed by atoms with Crippen LogP contribution >= 0.6 is 11.3 Å². The van der Waals surface area contributed by atoms with E-state index in [1.807, 2.05) is 0 Å². The van der Waals surface area contributed by atoms with Crippen LogP contribution in [0.25, 0.3) is 0 Å². The molecule has 1 saturated heterocycles. The fourth-order valence-electron chi connectivity index (χ4n) is 3.69. The first-order valence-corrected chi connectivity index (χ1v) is 12.5. The molecule has 1 aromatic carbocycles. The maximum atomic E-state index is 13.8. The number of anilines is 2. The zero-order valence-electron chi connectivity index (χ0n) is 17.7. The number of thiophene rings is 1. The summed E-state index contributed by atoms with van der Waals surface area (Å²) >= 11 is 1.27. The van der Waals surface area contributed by atoms with E-state index in [4.69, 9.17) is 10.5 Å². The number of nitrogens with zero attached hydrogens (tertiary/aromatic N) is 3. The number of nitrogens with one attached hydrogen (secondary N) is 1. The molecule has 33 heavy (non-hydrogen) atoms. The maximum Gasteiger partial charge on any atom is 0.267 e. The van der Waals surface area contributed by atoms with E-state index in [1.165, 1.54) is 47.1 Å². The van der Waals surface area contributed by atoms with Gasteiger partial charge in [-0.15, -0.1) is 0 Å². The van der Waals surface area contributed by atoms with Gasteiger partial charge in [-0.1, -0.05) is 0 Å². The van der Waals surface area contributed by atoms with Crippen molar-refractivity contribution < 1.29 is 22.3 Å². The first kappa shape index (κ1) is 23.1. The Bertz CT molecular complexity index is 1260. The number of nitrogen functional groups attached to an aromatic ring is 1. The summed E-state index contributed by atoms with van der Waals surface area (Å²) in [5, 5.41) is 6.42. The number of carbonyl (C=O) groups is 1. The second-order valence-corrected chi connectivity index (χ2v) is 9.98. The van der Waals surface area contributed by atoms with Crippen LogP contribution in [0.2, 0.25) is 0 Å². The summed E-state index contributed by atoms with van der Waals surface area (Å²) in [6.07, 6.45) is 2.29. The minimum atomic E-state index is -3.95. The number of ketones is 1. The Balaban J connectivity index is 1.75. The highest BCUT2D eigenvalue weighted by Crippen LogP contribution is 2.30. The minimum Gasteiger partial charge on any atom is -0.496 e. The predicted octanol–water partition coefficient (Wildman–Crippen LogP) is 2.45. The quantitative estimate of drug-likeness (QED) is 0.483. The van der Waals surface area contributed by atoms with Crippen LogP contribution in [-0.2, 0) is 10.0 Å². The van der Waals surface area contributed by atoms with Crippen LogP contribution < -0.4 is 20.1 Å². The molecule has 0 amide bonds. The number of piperidine rings is 1. The molecule has 3 aromatic rings. The molecule has 0 bridgehead atoms. The number of nitrogens with two attached hydrogens (primary N) is 1. The molecular weight excluding hydrogens is 469 g/mol. The third-order valence-corrected chi connectivity index (χ3v) is 8.01. The lowest BCUT2D eigenvalue weighted by atomic mass is 10.0. The van der Waals surface area contributed by atoms with Gasteiger partial charge in [0, 0.05) is 11.6 Å². The van der Waals surface area contributed by atoms with Crippen molar-refractivity contribution in [1.29, 1.82) is 0 Å². The first-order valence-electron chi connectivity index (χ1n) is 10.1. The van der Waals surface area contributed by atoms with Crippen molar-refractivity contribution in [2.75, 3.05) is 30.2 Å². The van der Waals surface area contributed by atoms with Crippen molar-refractivity contribution in [3.8, 4) is 5.75 Å². The summed E-state index contributed by atoms with van der Waals surface area (Å²) in [5.74, 6) is -1.41. The largest absolute Gasteiger partial charge is 0.496 e. The molecule has 0 saturated carbocycles. The lowest BCUT2D eigenvalue weighted by Gasteiger charge is -2.33. The van der Waals surface area contributed by atoms with E-state index < -0.39 is 21.6 Å². The SMILES string of the molecule is COc1ccc(F)cc1C(=O)c1cnc(N(C2CCNCC2)S(=O)(=O)c2ccsc2)nc1N. The highest BCUT2D eigenvalue weighted by molar-refractivity contribution is 7.93. The van der Waals surface area contributed by atoms with E-state index in [-0.39, 0.29) is 39.6 Å². The first-order chi connectivity index (χ1) is 15.8. The Morgan fingerprint density at radius 1 is 1.27 bits per heavy atom. The number of aromatic nitrogens is 2. The second kappa shape index (κ2) is 9.41. The summed E-state index contributed by atoms with van der Waals surface area (Å²) in [5.41, 5.74) is 5.96. The van der Waals surface area contributed by atoms with E-state index in [2.05, 4.69) is 15.3 Å². The molecule has 0 aliphatic carbocycles. The number of carbonyl (C=O) groups excluding carboxylic acids is 1. The third-order valence-electron chi connectivity index (χ3n) is 5.35. The third kappa shape index (κ3) is 4.54. The molecule has 3 heterocycles. The van der Waals surface area contributed by atoms with Crippen molar-refractivity contribution in [2.24, 2.45) is 0 Å². The zero-order chi connectivity index (χ0) is 23.6. The zero-order valence-corrected chi connectivity index (χ0v) is 19.3. The van der Waals surface area contributed by atoms with Crippen LogP contribution in [0.4, 0.5) is 16.2 Å². The van der Waals surface area contributed by atoms with Gasteiger partial charge in [-0.05, 0) is 55.6 Å². The number of ether oxygens (including phenoxy) is 1. The van der Waals surface area contributed by atoms with Crippen molar-refractivity contribution in [1.82, 2.24) is 15.3 Å². The van der Waals surface area contributed by atoms with Gasteiger partial charge in [0.05, 0.1) is 29.2 Å².